The van der Waals surface area contributed by atoms with E-state index in [9.17, 15) is 0 Å². The number of rotatable bonds is 12. The molecule has 0 bridgehead atoms. The van der Waals surface area contributed by atoms with Crippen LogP contribution in [0.5, 0.6) is 5.75 Å². The first-order chi connectivity index (χ1) is 31.4. The molecule has 2 heteroatoms. The first kappa shape index (κ1) is 40.6. The zero-order chi connectivity index (χ0) is 43.6. The number of fused-ring (bicyclic) bond motifs is 3. The van der Waals surface area contributed by atoms with Crippen molar-refractivity contribution in [3.63, 3.8) is 0 Å². The minimum Gasteiger partial charge on any atom is -0.489 e. The van der Waals surface area contributed by atoms with E-state index in [0.717, 1.165) is 29.2 Å². The van der Waals surface area contributed by atoms with Gasteiger partial charge in [-0.15, -0.1) is 0 Å². The Morgan fingerprint density at radius 1 is 0.453 bits per heavy atom. The molecule has 9 aromatic carbocycles. The first-order valence-corrected chi connectivity index (χ1v) is 22.7. The number of nitrogens with zero attached hydrogens (tertiary/aromatic N) is 1. The van der Waals surface area contributed by atoms with Crippen molar-refractivity contribution in [3.05, 3.63) is 263 Å². The van der Waals surface area contributed by atoms with Crippen LogP contribution < -0.4 is 9.64 Å². The van der Waals surface area contributed by atoms with Crippen molar-refractivity contribution >= 4 is 17.1 Å². The van der Waals surface area contributed by atoms with E-state index in [0.29, 0.717) is 12.5 Å². The summed E-state index contributed by atoms with van der Waals surface area (Å²) < 4.78 is 6.47. The number of benzene rings is 9. The van der Waals surface area contributed by atoms with Crippen molar-refractivity contribution in [2.75, 3.05) is 4.90 Å². The number of ether oxygens (including phenoxy) is 1. The van der Waals surface area contributed by atoms with Crippen molar-refractivity contribution < 1.29 is 4.74 Å². The van der Waals surface area contributed by atoms with Crippen LogP contribution in [-0.4, -0.2) is 0 Å². The lowest BCUT2D eigenvalue weighted by molar-refractivity contribution is 0.306. The van der Waals surface area contributed by atoms with Gasteiger partial charge in [-0.25, -0.2) is 0 Å². The zero-order valence-corrected chi connectivity index (χ0v) is 37.1. The maximum atomic E-state index is 6.47. The number of aryl methyl sites for hydroxylation is 2. The van der Waals surface area contributed by atoms with Gasteiger partial charge in [0, 0.05) is 17.1 Å². The minimum absolute atomic E-state index is 0.520. The molecule has 2 atom stereocenters. The summed E-state index contributed by atoms with van der Waals surface area (Å²) in [5.41, 5.74) is 20.0. The van der Waals surface area contributed by atoms with Crippen LogP contribution in [0.1, 0.15) is 70.7 Å². The van der Waals surface area contributed by atoms with Crippen molar-refractivity contribution in [1.82, 2.24) is 0 Å². The molecule has 0 amide bonds. The second kappa shape index (κ2) is 17.4. The lowest BCUT2D eigenvalue weighted by Crippen LogP contribution is -2.29. The van der Waals surface area contributed by atoms with Gasteiger partial charge in [-0.1, -0.05) is 195 Å². The summed E-state index contributed by atoms with van der Waals surface area (Å²) in [6, 6.07) is 80.2. The third kappa shape index (κ3) is 7.60. The second-order valence-electron chi connectivity index (χ2n) is 17.4. The molecule has 64 heavy (non-hydrogen) atoms. The van der Waals surface area contributed by atoms with Gasteiger partial charge in [-0.05, 0) is 141 Å². The highest BCUT2D eigenvalue weighted by molar-refractivity contribution is 5.90. The average molecular weight is 828 g/mol. The Morgan fingerprint density at radius 3 is 1.55 bits per heavy atom. The van der Waals surface area contributed by atoms with Crippen LogP contribution in [0.2, 0.25) is 0 Å². The predicted molar refractivity (Wildman–Crippen MR) is 268 cm³/mol. The summed E-state index contributed by atoms with van der Waals surface area (Å²) in [4.78, 5) is 2.41. The van der Waals surface area contributed by atoms with Gasteiger partial charge in [0.1, 0.15) is 12.4 Å². The van der Waals surface area contributed by atoms with Gasteiger partial charge in [-0.3, -0.25) is 0 Å². The van der Waals surface area contributed by atoms with Gasteiger partial charge in [0.15, 0.2) is 0 Å². The highest BCUT2D eigenvalue weighted by atomic mass is 16.5. The standard InChI is InChI=1S/C62H53NO/c1-5-45(4)47-22-20-46(21-23-47)42-64-57-35-28-52(29-36-57)62(53-39-43(2)38-44(3)40-53)60-19-13-12-18-58(60)59-37-34-56(41-61(59)62)63(54-30-24-50(25-31-54)48-14-8-6-9-15-48)55-32-26-51(27-33-55)49-16-10-7-11-17-49/h6-41,45H,5,42H2,1-4H3. The van der Waals surface area contributed by atoms with Gasteiger partial charge in [0.05, 0.1) is 5.41 Å². The number of hydrogen-bond donors (Lipinski definition) is 0. The fraction of sp³-hybridized carbons (Fsp3) is 0.129. The van der Waals surface area contributed by atoms with Crippen molar-refractivity contribution in [3.8, 4) is 39.1 Å². The largest absolute Gasteiger partial charge is 0.489 e. The Morgan fingerprint density at radius 2 is 0.969 bits per heavy atom. The Kier molecular flexibility index (Phi) is 11.0. The van der Waals surface area contributed by atoms with Crippen LogP contribution in [-0.2, 0) is 12.0 Å². The van der Waals surface area contributed by atoms with Gasteiger partial charge in [0.25, 0.3) is 0 Å². The van der Waals surface area contributed by atoms with E-state index >= 15 is 0 Å². The van der Waals surface area contributed by atoms with Gasteiger partial charge in [0.2, 0.25) is 0 Å². The van der Waals surface area contributed by atoms with Crippen molar-refractivity contribution in [2.45, 2.75) is 52.1 Å². The molecule has 0 radical (unpaired) electrons. The second-order valence-corrected chi connectivity index (χ2v) is 17.4. The molecular weight excluding hydrogens is 775 g/mol. The van der Waals surface area contributed by atoms with Crippen LogP contribution in [0.15, 0.2) is 218 Å². The van der Waals surface area contributed by atoms with Crippen molar-refractivity contribution in [1.29, 1.82) is 0 Å². The third-order valence-electron chi connectivity index (χ3n) is 13.3. The zero-order valence-electron chi connectivity index (χ0n) is 37.1. The van der Waals surface area contributed by atoms with E-state index in [1.165, 1.54) is 77.9 Å². The van der Waals surface area contributed by atoms with Crippen LogP contribution in [0.25, 0.3) is 33.4 Å². The van der Waals surface area contributed by atoms with Gasteiger partial charge < -0.3 is 9.64 Å². The molecule has 0 saturated carbocycles. The van der Waals surface area contributed by atoms with E-state index < -0.39 is 5.41 Å². The molecule has 312 valence electrons. The minimum atomic E-state index is -0.594. The molecular formula is C62H53NO. The number of hydrogen-bond acceptors (Lipinski definition) is 2. The molecule has 0 saturated heterocycles. The van der Waals surface area contributed by atoms with Crippen LogP contribution in [0.4, 0.5) is 17.1 Å². The SMILES string of the molecule is CCC(C)c1ccc(COc2ccc(C3(c4cc(C)cc(C)c4)c4ccccc4-c4ccc(N(c5ccc(-c6ccccc6)cc5)c5ccc(-c6ccccc6)cc5)cc43)cc2)cc1. The Hall–Kier alpha value is -7.42. The highest BCUT2D eigenvalue weighted by Crippen LogP contribution is 2.57. The molecule has 1 aliphatic rings. The summed E-state index contributed by atoms with van der Waals surface area (Å²) in [6.07, 6.45) is 1.13. The molecule has 0 aromatic heterocycles. The lowest BCUT2D eigenvalue weighted by atomic mass is 9.67. The Labute approximate surface area is 379 Å². The summed E-state index contributed by atoms with van der Waals surface area (Å²) in [7, 11) is 0. The molecule has 0 fully saturated rings. The summed E-state index contributed by atoms with van der Waals surface area (Å²) in [5.74, 6) is 1.41. The molecule has 10 rings (SSSR count). The van der Waals surface area contributed by atoms with Gasteiger partial charge >= 0.3 is 0 Å². The molecule has 0 spiro atoms. The molecule has 0 aliphatic heterocycles. The smallest absolute Gasteiger partial charge is 0.119 e. The monoisotopic (exact) mass is 827 g/mol. The fourth-order valence-electron chi connectivity index (χ4n) is 9.85. The normalized spacial score (nSPS) is 14.4. The van der Waals surface area contributed by atoms with Crippen LogP contribution in [0, 0.1) is 13.8 Å². The first-order valence-electron chi connectivity index (χ1n) is 22.7. The Balaban J connectivity index is 1.11. The van der Waals surface area contributed by atoms with Crippen molar-refractivity contribution in [2.24, 2.45) is 0 Å². The van der Waals surface area contributed by atoms with E-state index in [4.69, 9.17) is 4.74 Å². The number of anilines is 3. The predicted octanol–water partition coefficient (Wildman–Crippen LogP) is 16.6. The quantitative estimate of drug-likeness (QED) is 0.122. The lowest BCUT2D eigenvalue weighted by Gasteiger charge is -2.35. The molecule has 2 unspecified atom stereocenters. The molecule has 0 N–H and O–H groups in total. The highest BCUT2D eigenvalue weighted by Gasteiger charge is 2.46. The summed E-state index contributed by atoms with van der Waals surface area (Å²) in [5, 5.41) is 0. The van der Waals surface area contributed by atoms with E-state index in [-0.39, 0.29) is 0 Å². The van der Waals surface area contributed by atoms with Gasteiger partial charge in [-0.2, -0.15) is 0 Å². The topological polar surface area (TPSA) is 12.5 Å². The van der Waals surface area contributed by atoms with Crippen LogP contribution >= 0.6 is 0 Å². The molecule has 0 heterocycles. The fourth-order valence-corrected chi connectivity index (χ4v) is 9.85. The molecule has 9 aromatic rings. The van der Waals surface area contributed by atoms with E-state index in [2.05, 4.69) is 251 Å². The maximum Gasteiger partial charge on any atom is 0.119 e. The summed E-state index contributed by atoms with van der Waals surface area (Å²) >= 11 is 0. The van der Waals surface area contributed by atoms with Crippen LogP contribution in [0.3, 0.4) is 0 Å². The maximum absolute atomic E-state index is 6.47. The third-order valence-corrected chi connectivity index (χ3v) is 13.3. The summed E-state index contributed by atoms with van der Waals surface area (Å²) in [6.45, 7) is 9.48. The average Bonchev–Trinajstić information content (AvgIpc) is 3.64. The van der Waals surface area contributed by atoms with E-state index in [1.54, 1.807) is 0 Å². The van der Waals surface area contributed by atoms with E-state index in [1.807, 2.05) is 0 Å². The Bertz CT molecular complexity index is 2920. The molecule has 1 aliphatic carbocycles. The molecule has 2 nitrogen and oxygen atoms in total.